The quantitative estimate of drug-likeness (QED) is 0.592. The topological polar surface area (TPSA) is 62.6 Å². The monoisotopic (exact) mass is 257 g/mol. The van der Waals surface area contributed by atoms with Gasteiger partial charge in [0.05, 0.1) is 6.61 Å². The minimum absolute atomic E-state index is 0.358. The molecule has 0 saturated heterocycles. The van der Waals surface area contributed by atoms with E-state index in [1.54, 1.807) is 12.1 Å². The highest BCUT2D eigenvalue weighted by Crippen LogP contribution is 2.06. The van der Waals surface area contributed by atoms with Gasteiger partial charge in [0.15, 0.2) is 0 Å². The molecule has 0 spiro atoms. The summed E-state index contributed by atoms with van der Waals surface area (Å²) in [6.45, 7) is 0.586. The van der Waals surface area contributed by atoms with Crippen LogP contribution in [0.15, 0.2) is 48.7 Å². The van der Waals surface area contributed by atoms with Gasteiger partial charge in [-0.1, -0.05) is 36.4 Å². The normalized spacial score (nSPS) is 10.2. The third-order valence-corrected chi connectivity index (χ3v) is 2.76. The summed E-state index contributed by atoms with van der Waals surface area (Å²) in [5.41, 5.74) is 1.65. The molecule has 2 rings (SSSR count). The highest BCUT2D eigenvalue weighted by Gasteiger charge is 2.10. The standard InChI is InChI=1S/C14H16BNO3/c17-15(18)13-8-9-14(16-11-13)19-10-4-7-12-5-2-1-3-6-12/h1-3,5-6,8-9,11,17-18H,4,7,10H2. The first-order valence-electron chi connectivity index (χ1n) is 6.24. The lowest BCUT2D eigenvalue weighted by atomic mass is 9.82. The zero-order valence-corrected chi connectivity index (χ0v) is 10.6. The fourth-order valence-corrected chi connectivity index (χ4v) is 1.73. The molecule has 5 heteroatoms. The Morgan fingerprint density at radius 1 is 1.05 bits per heavy atom. The number of nitrogens with zero attached hydrogens (tertiary/aromatic N) is 1. The summed E-state index contributed by atoms with van der Waals surface area (Å²) in [4.78, 5) is 4.00. The molecule has 0 aliphatic heterocycles. The van der Waals surface area contributed by atoms with Crippen LogP contribution in [0.4, 0.5) is 0 Å². The van der Waals surface area contributed by atoms with E-state index in [4.69, 9.17) is 14.8 Å². The highest BCUT2D eigenvalue weighted by atomic mass is 16.5. The van der Waals surface area contributed by atoms with Crippen LogP contribution in [0.1, 0.15) is 12.0 Å². The van der Waals surface area contributed by atoms with E-state index >= 15 is 0 Å². The Labute approximate surface area is 112 Å². The van der Waals surface area contributed by atoms with Crippen molar-refractivity contribution < 1.29 is 14.8 Å². The molecule has 2 N–H and O–H groups in total. The van der Waals surface area contributed by atoms with E-state index in [9.17, 15) is 0 Å². The van der Waals surface area contributed by atoms with Crippen molar-refractivity contribution in [3.05, 3.63) is 54.2 Å². The highest BCUT2D eigenvalue weighted by molar-refractivity contribution is 6.58. The maximum absolute atomic E-state index is 8.93. The number of aryl methyl sites for hydroxylation is 1. The lowest BCUT2D eigenvalue weighted by Crippen LogP contribution is -2.29. The van der Waals surface area contributed by atoms with Crippen LogP contribution < -0.4 is 10.2 Å². The predicted octanol–water partition coefficient (Wildman–Crippen LogP) is 0.773. The second-order valence-corrected chi connectivity index (χ2v) is 4.24. The van der Waals surface area contributed by atoms with Gasteiger partial charge in [-0.2, -0.15) is 0 Å². The van der Waals surface area contributed by atoms with Crippen LogP contribution in [-0.2, 0) is 6.42 Å². The van der Waals surface area contributed by atoms with Gasteiger partial charge in [-0.15, -0.1) is 0 Å². The Kier molecular flexibility index (Phi) is 4.95. The Morgan fingerprint density at radius 3 is 2.47 bits per heavy atom. The van der Waals surface area contributed by atoms with Crippen LogP contribution in [0.3, 0.4) is 0 Å². The van der Waals surface area contributed by atoms with Crippen LogP contribution in [0, 0.1) is 0 Å². The molecule has 0 atom stereocenters. The first-order chi connectivity index (χ1) is 9.25. The third kappa shape index (κ3) is 4.39. The number of pyridine rings is 1. The second-order valence-electron chi connectivity index (χ2n) is 4.24. The molecular formula is C14H16BNO3. The number of rotatable bonds is 6. The molecule has 0 fully saturated rings. The summed E-state index contributed by atoms with van der Waals surface area (Å²) in [7, 11) is -1.49. The largest absolute Gasteiger partial charge is 0.490 e. The summed E-state index contributed by atoms with van der Waals surface area (Å²) in [6.07, 6.45) is 3.28. The zero-order valence-electron chi connectivity index (χ0n) is 10.6. The Bertz CT molecular complexity index is 488. The van der Waals surface area contributed by atoms with E-state index in [1.165, 1.54) is 11.8 Å². The number of hydrogen-bond donors (Lipinski definition) is 2. The van der Waals surface area contributed by atoms with Crippen molar-refractivity contribution in [1.29, 1.82) is 0 Å². The Hall–Kier alpha value is -1.85. The summed E-state index contributed by atoms with van der Waals surface area (Å²) < 4.78 is 5.49. The molecule has 1 aromatic carbocycles. The van der Waals surface area contributed by atoms with E-state index in [2.05, 4.69) is 17.1 Å². The lowest BCUT2D eigenvalue weighted by molar-refractivity contribution is 0.299. The summed E-state index contributed by atoms with van der Waals surface area (Å²) in [5, 5.41) is 17.9. The van der Waals surface area contributed by atoms with Gasteiger partial charge in [-0.05, 0) is 24.5 Å². The van der Waals surface area contributed by atoms with Crippen molar-refractivity contribution in [3.8, 4) is 5.88 Å². The van der Waals surface area contributed by atoms with E-state index in [0.29, 0.717) is 17.9 Å². The smallest absolute Gasteiger partial charge is 0.478 e. The van der Waals surface area contributed by atoms with Gasteiger partial charge in [0.25, 0.3) is 0 Å². The van der Waals surface area contributed by atoms with Crippen molar-refractivity contribution in [3.63, 3.8) is 0 Å². The van der Waals surface area contributed by atoms with Crippen molar-refractivity contribution in [2.75, 3.05) is 6.61 Å². The molecule has 0 amide bonds. The van der Waals surface area contributed by atoms with Crippen LogP contribution in [-0.4, -0.2) is 28.8 Å². The van der Waals surface area contributed by atoms with Gasteiger partial charge in [-0.3, -0.25) is 0 Å². The third-order valence-electron chi connectivity index (χ3n) is 2.76. The average molecular weight is 257 g/mol. The van der Waals surface area contributed by atoms with Gasteiger partial charge in [-0.25, -0.2) is 4.98 Å². The first-order valence-corrected chi connectivity index (χ1v) is 6.24. The maximum atomic E-state index is 8.93. The van der Waals surface area contributed by atoms with Crippen molar-refractivity contribution in [2.24, 2.45) is 0 Å². The summed E-state index contributed by atoms with van der Waals surface area (Å²) in [5.74, 6) is 0.498. The number of aromatic nitrogens is 1. The molecule has 0 radical (unpaired) electrons. The molecule has 0 aliphatic rings. The Balaban J connectivity index is 1.74. The van der Waals surface area contributed by atoms with Gasteiger partial charge in [0.1, 0.15) is 0 Å². The van der Waals surface area contributed by atoms with Crippen molar-refractivity contribution in [1.82, 2.24) is 4.98 Å². The van der Waals surface area contributed by atoms with Crippen LogP contribution in [0.2, 0.25) is 0 Å². The van der Waals surface area contributed by atoms with Gasteiger partial charge in [0.2, 0.25) is 5.88 Å². The van der Waals surface area contributed by atoms with E-state index in [-0.39, 0.29) is 0 Å². The van der Waals surface area contributed by atoms with E-state index < -0.39 is 7.12 Å². The minimum atomic E-state index is -1.49. The molecule has 19 heavy (non-hydrogen) atoms. The molecule has 4 nitrogen and oxygen atoms in total. The number of ether oxygens (including phenoxy) is 1. The maximum Gasteiger partial charge on any atom is 0.490 e. The van der Waals surface area contributed by atoms with E-state index in [1.807, 2.05) is 18.2 Å². The molecule has 1 aromatic heterocycles. The van der Waals surface area contributed by atoms with Crippen molar-refractivity contribution in [2.45, 2.75) is 12.8 Å². The number of hydrogen-bond acceptors (Lipinski definition) is 4. The average Bonchev–Trinajstić information content (AvgIpc) is 2.45. The zero-order chi connectivity index (χ0) is 13.5. The minimum Gasteiger partial charge on any atom is -0.478 e. The lowest BCUT2D eigenvalue weighted by Gasteiger charge is -2.06. The SMILES string of the molecule is OB(O)c1ccc(OCCCc2ccccc2)nc1. The van der Waals surface area contributed by atoms with Gasteiger partial charge in [0, 0.05) is 11.7 Å². The predicted molar refractivity (Wildman–Crippen MR) is 74.3 cm³/mol. The molecule has 0 saturated carbocycles. The van der Waals surface area contributed by atoms with Gasteiger partial charge >= 0.3 is 7.12 Å². The molecule has 0 aliphatic carbocycles. The Morgan fingerprint density at radius 2 is 1.84 bits per heavy atom. The molecule has 2 aromatic rings. The van der Waals surface area contributed by atoms with Crippen LogP contribution >= 0.6 is 0 Å². The van der Waals surface area contributed by atoms with Crippen LogP contribution in [0.25, 0.3) is 0 Å². The molecule has 0 bridgehead atoms. The molecule has 98 valence electrons. The fraction of sp³-hybridized carbons (Fsp3) is 0.214. The van der Waals surface area contributed by atoms with Crippen molar-refractivity contribution >= 4 is 12.6 Å². The number of benzene rings is 1. The summed E-state index contributed by atoms with van der Waals surface area (Å²) in [6, 6.07) is 13.5. The molecule has 0 unspecified atom stereocenters. The van der Waals surface area contributed by atoms with E-state index in [0.717, 1.165) is 12.8 Å². The molecular weight excluding hydrogens is 241 g/mol. The second kappa shape index (κ2) is 6.92. The molecule has 1 heterocycles. The fourth-order valence-electron chi connectivity index (χ4n) is 1.73. The van der Waals surface area contributed by atoms with Crippen LogP contribution in [0.5, 0.6) is 5.88 Å². The van der Waals surface area contributed by atoms with Gasteiger partial charge < -0.3 is 14.8 Å². The summed E-state index contributed by atoms with van der Waals surface area (Å²) >= 11 is 0. The first kappa shape index (κ1) is 13.6.